The lowest BCUT2D eigenvalue weighted by Crippen LogP contribution is -2.57. The van der Waals surface area contributed by atoms with Crippen molar-refractivity contribution in [1.82, 2.24) is 19.8 Å². The molecule has 0 spiro atoms. The Kier molecular flexibility index (Phi) is 8.41. The van der Waals surface area contributed by atoms with Crippen molar-refractivity contribution >= 4 is 39.9 Å². The minimum absolute atomic E-state index is 0.0169. The maximum Gasteiger partial charge on any atom is 0.237 e. The standard InChI is InChI=1S/C30H35ClFN5O4/c1-39-26-16-25-22(30(34-18-33-25)35-24-4-2-3-23(31)29(24)32)15-27(26)41-21-7-5-19(6-8-21)36-11-12-37(28(38)17-36)20-9-13-40-14-10-20/h2-4,15-16,18-21H,5-14,17H2,1H3,(H,33,34,35)/t19-,21-. The Bertz CT molecular complexity index is 1400. The molecule has 2 aromatic carbocycles. The number of rotatable bonds is 7. The first kappa shape index (κ1) is 27.9. The van der Waals surface area contributed by atoms with E-state index in [2.05, 4.69) is 25.1 Å². The average molecular weight is 584 g/mol. The highest BCUT2D eigenvalue weighted by molar-refractivity contribution is 6.31. The van der Waals surface area contributed by atoms with Gasteiger partial charge in [0.1, 0.15) is 12.1 Å². The Morgan fingerprint density at radius 3 is 2.59 bits per heavy atom. The average Bonchev–Trinajstić information content (AvgIpc) is 3.00. The largest absolute Gasteiger partial charge is 0.493 e. The van der Waals surface area contributed by atoms with Crippen LogP contribution in [0.25, 0.3) is 10.9 Å². The summed E-state index contributed by atoms with van der Waals surface area (Å²) in [5, 5.41) is 3.75. The second-order valence-corrected chi connectivity index (χ2v) is 11.3. The molecule has 1 saturated carbocycles. The van der Waals surface area contributed by atoms with Gasteiger partial charge in [-0.25, -0.2) is 14.4 Å². The number of anilines is 2. The van der Waals surface area contributed by atoms with Crippen LogP contribution in [0.5, 0.6) is 11.5 Å². The Hall–Kier alpha value is -3.21. The van der Waals surface area contributed by atoms with E-state index in [1.807, 2.05) is 6.07 Å². The summed E-state index contributed by atoms with van der Waals surface area (Å²) in [5.41, 5.74) is 0.864. The Morgan fingerprint density at radius 1 is 1.02 bits per heavy atom. The van der Waals surface area contributed by atoms with E-state index in [0.29, 0.717) is 46.8 Å². The normalized spacial score (nSPS) is 22.6. The molecular formula is C30H35ClFN5O4. The van der Waals surface area contributed by atoms with Crippen molar-refractivity contribution in [2.24, 2.45) is 0 Å². The number of methoxy groups -OCH3 is 1. The number of ether oxygens (including phenoxy) is 3. The van der Waals surface area contributed by atoms with Gasteiger partial charge in [-0.3, -0.25) is 9.69 Å². The SMILES string of the molecule is COc1cc2ncnc(Nc3cccc(Cl)c3F)c2cc1O[C@H]1CC[C@H](N2CCN(C3CCOCC3)C(=O)C2)CC1. The lowest BCUT2D eigenvalue weighted by molar-refractivity contribution is -0.142. The number of amides is 1. The molecule has 41 heavy (non-hydrogen) atoms. The van der Waals surface area contributed by atoms with E-state index in [1.165, 1.54) is 12.4 Å². The highest BCUT2D eigenvalue weighted by Gasteiger charge is 2.35. The van der Waals surface area contributed by atoms with Crippen LogP contribution in [-0.4, -0.2) is 83.8 Å². The van der Waals surface area contributed by atoms with Crippen LogP contribution in [0.3, 0.4) is 0 Å². The van der Waals surface area contributed by atoms with Crippen LogP contribution < -0.4 is 14.8 Å². The molecule has 11 heteroatoms. The van der Waals surface area contributed by atoms with E-state index in [4.69, 9.17) is 25.8 Å². The molecule has 2 saturated heterocycles. The van der Waals surface area contributed by atoms with Crippen LogP contribution in [-0.2, 0) is 9.53 Å². The maximum absolute atomic E-state index is 14.6. The second-order valence-electron chi connectivity index (χ2n) is 10.9. The summed E-state index contributed by atoms with van der Waals surface area (Å²) in [4.78, 5) is 26.1. The van der Waals surface area contributed by atoms with Crippen molar-refractivity contribution in [2.45, 2.75) is 56.7 Å². The van der Waals surface area contributed by atoms with Crippen molar-refractivity contribution in [3.05, 3.63) is 47.5 Å². The van der Waals surface area contributed by atoms with E-state index in [9.17, 15) is 9.18 Å². The molecule has 1 aromatic heterocycles. The third-order valence-electron chi connectivity index (χ3n) is 8.50. The van der Waals surface area contributed by atoms with Gasteiger partial charge in [-0.15, -0.1) is 0 Å². The lowest BCUT2D eigenvalue weighted by Gasteiger charge is -2.44. The minimum atomic E-state index is -0.547. The number of halogens is 2. The summed E-state index contributed by atoms with van der Waals surface area (Å²) in [5.74, 6) is 1.30. The van der Waals surface area contributed by atoms with Gasteiger partial charge in [0, 0.05) is 49.8 Å². The second kappa shape index (κ2) is 12.3. The van der Waals surface area contributed by atoms with Crippen molar-refractivity contribution < 1.29 is 23.4 Å². The van der Waals surface area contributed by atoms with Crippen LogP contribution in [0.15, 0.2) is 36.7 Å². The van der Waals surface area contributed by atoms with Gasteiger partial charge in [0.25, 0.3) is 0 Å². The fourth-order valence-electron chi connectivity index (χ4n) is 6.25. The first-order valence-corrected chi connectivity index (χ1v) is 14.7. The molecule has 3 aromatic rings. The molecule has 0 bridgehead atoms. The van der Waals surface area contributed by atoms with E-state index in [0.717, 1.165) is 64.8 Å². The first-order valence-electron chi connectivity index (χ1n) is 14.3. The fourth-order valence-corrected chi connectivity index (χ4v) is 6.42. The van der Waals surface area contributed by atoms with Gasteiger partial charge in [-0.05, 0) is 56.7 Å². The molecule has 3 fully saturated rings. The molecule has 0 atom stereocenters. The zero-order valence-corrected chi connectivity index (χ0v) is 23.9. The highest BCUT2D eigenvalue weighted by Crippen LogP contribution is 2.38. The Labute approximate surface area is 243 Å². The minimum Gasteiger partial charge on any atom is -0.493 e. The van der Waals surface area contributed by atoms with Gasteiger partial charge >= 0.3 is 0 Å². The zero-order chi connectivity index (χ0) is 28.3. The number of carbonyl (C=O) groups is 1. The topological polar surface area (TPSA) is 89.1 Å². The molecular weight excluding hydrogens is 549 g/mol. The summed E-state index contributed by atoms with van der Waals surface area (Å²) in [6.07, 6.45) is 7.01. The Balaban J connectivity index is 1.11. The highest BCUT2D eigenvalue weighted by atomic mass is 35.5. The van der Waals surface area contributed by atoms with Crippen LogP contribution in [0.1, 0.15) is 38.5 Å². The number of fused-ring (bicyclic) bond motifs is 1. The van der Waals surface area contributed by atoms with Crippen LogP contribution >= 0.6 is 11.6 Å². The number of aromatic nitrogens is 2. The number of hydrogen-bond donors (Lipinski definition) is 1. The Morgan fingerprint density at radius 2 is 1.83 bits per heavy atom. The van der Waals surface area contributed by atoms with Crippen molar-refractivity contribution in [3.63, 3.8) is 0 Å². The summed E-state index contributed by atoms with van der Waals surface area (Å²) in [6, 6.07) is 9.13. The molecule has 2 aliphatic heterocycles. The predicted octanol–water partition coefficient (Wildman–Crippen LogP) is 5.19. The van der Waals surface area contributed by atoms with E-state index >= 15 is 0 Å². The summed E-state index contributed by atoms with van der Waals surface area (Å²) < 4.78 is 32.2. The molecule has 3 heterocycles. The quantitative estimate of drug-likeness (QED) is 0.407. The van der Waals surface area contributed by atoms with E-state index < -0.39 is 5.82 Å². The number of carbonyl (C=O) groups excluding carboxylic acids is 1. The molecule has 1 aliphatic carbocycles. The van der Waals surface area contributed by atoms with Gasteiger partial charge in [0.05, 0.1) is 36.0 Å². The third kappa shape index (κ3) is 6.05. The van der Waals surface area contributed by atoms with Crippen molar-refractivity contribution in [2.75, 3.05) is 45.3 Å². The molecule has 3 aliphatic rings. The zero-order valence-electron chi connectivity index (χ0n) is 23.2. The van der Waals surface area contributed by atoms with Crippen LogP contribution in [0, 0.1) is 5.82 Å². The summed E-state index contributed by atoms with van der Waals surface area (Å²) in [6.45, 7) is 3.70. The van der Waals surface area contributed by atoms with Crippen LogP contribution in [0.2, 0.25) is 5.02 Å². The van der Waals surface area contributed by atoms with Crippen molar-refractivity contribution in [3.8, 4) is 11.5 Å². The smallest absolute Gasteiger partial charge is 0.237 e. The predicted molar refractivity (Wildman–Crippen MR) is 155 cm³/mol. The third-order valence-corrected chi connectivity index (χ3v) is 8.79. The molecule has 9 nitrogen and oxygen atoms in total. The van der Waals surface area contributed by atoms with Gasteiger partial charge < -0.3 is 24.4 Å². The molecule has 1 N–H and O–H groups in total. The fraction of sp³-hybridized carbons (Fsp3) is 0.500. The van der Waals surface area contributed by atoms with Gasteiger partial charge in [0.15, 0.2) is 17.3 Å². The number of nitrogens with zero attached hydrogens (tertiary/aromatic N) is 4. The molecule has 1 amide bonds. The molecule has 0 unspecified atom stereocenters. The first-order chi connectivity index (χ1) is 20.0. The van der Waals surface area contributed by atoms with Gasteiger partial charge in [-0.1, -0.05) is 17.7 Å². The molecule has 218 valence electrons. The molecule has 0 radical (unpaired) electrons. The van der Waals surface area contributed by atoms with Gasteiger partial charge in [-0.2, -0.15) is 0 Å². The lowest BCUT2D eigenvalue weighted by atomic mass is 9.91. The van der Waals surface area contributed by atoms with Crippen LogP contribution in [0.4, 0.5) is 15.9 Å². The van der Waals surface area contributed by atoms with E-state index in [1.54, 1.807) is 25.3 Å². The summed E-state index contributed by atoms with van der Waals surface area (Å²) >= 11 is 5.97. The van der Waals surface area contributed by atoms with Crippen molar-refractivity contribution in [1.29, 1.82) is 0 Å². The number of piperazine rings is 1. The van der Waals surface area contributed by atoms with Gasteiger partial charge in [0.2, 0.25) is 5.91 Å². The number of nitrogens with one attached hydrogen (secondary N) is 1. The van der Waals surface area contributed by atoms with E-state index in [-0.39, 0.29) is 22.7 Å². The summed E-state index contributed by atoms with van der Waals surface area (Å²) in [7, 11) is 1.60. The molecule has 6 rings (SSSR count). The maximum atomic E-state index is 14.6. The monoisotopic (exact) mass is 583 g/mol. The number of benzene rings is 2. The number of hydrogen-bond acceptors (Lipinski definition) is 8.